The van der Waals surface area contributed by atoms with E-state index in [2.05, 4.69) is 20.1 Å². The topological polar surface area (TPSA) is 81.6 Å². The van der Waals surface area contributed by atoms with Gasteiger partial charge in [0.1, 0.15) is 11.4 Å². The number of anilines is 2. The van der Waals surface area contributed by atoms with E-state index >= 15 is 0 Å². The average Bonchev–Trinajstić information content (AvgIpc) is 2.53. The molecule has 0 radical (unpaired) electrons. The lowest BCUT2D eigenvalue weighted by atomic mass is 9.52. The number of aromatic nitrogens is 2. The predicted molar refractivity (Wildman–Crippen MR) is 105 cm³/mol. The first-order chi connectivity index (χ1) is 13.6. The van der Waals surface area contributed by atoms with Crippen molar-refractivity contribution in [2.75, 3.05) is 36.0 Å². The van der Waals surface area contributed by atoms with Crippen LogP contribution in [0.25, 0.3) is 0 Å². The van der Waals surface area contributed by atoms with Gasteiger partial charge < -0.3 is 20.2 Å². The molecule has 1 amide bonds. The Labute approximate surface area is 165 Å². The molecule has 7 rings (SSSR count). The minimum Gasteiger partial charge on any atom is -0.390 e. The third-order valence-corrected chi connectivity index (χ3v) is 7.83. The van der Waals surface area contributed by atoms with Crippen LogP contribution in [-0.4, -0.2) is 58.8 Å². The van der Waals surface area contributed by atoms with Crippen molar-refractivity contribution in [2.45, 2.75) is 56.6 Å². The van der Waals surface area contributed by atoms with E-state index in [0.717, 1.165) is 76.5 Å². The van der Waals surface area contributed by atoms with E-state index in [1.165, 1.54) is 6.42 Å². The Morgan fingerprint density at radius 3 is 2.32 bits per heavy atom. The van der Waals surface area contributed by atoms with E-state index < -0.39 is 5.60 Å². The van der Waals surface area contributed by atoms with Gasteiger partial charge in [-0.15, -0.1) is 0 Å². The van der Waals surface area contributed by atoms with Crippen molar-refractivity contribution in [3.63, 3.8) is 0 Å². The van der Waals surface area contributed by atoms with Gasteiger partial charge in [0.15, 0.2) is 0 Å². The molecular weight excluding hydrogens is 354 g/mol. The van der Waals surface area contributed by atoms with E-state index in [9.17, 15) is 9.90 Å². The van der Waals surface area contributed by atoms with Crippen molar-refractivity contribution < 1.29 is 9.90 Å². The summed E-state index contributed by atoms with van der Waals surface area (Å²) < 4.78 is 0. The van der Waals surface area contributed by atoms with Gasteiger partial charge in [-0.2, -0.15) is 4.98 Å². The van der Waals surface area contributed by atoms with Crippen LogP contribution in [0.1, 0.15) is 55.3 Å². The van der Waals surface area contributed by atoms with Crippen LogP contribution in [-0.2, 0) is 0 Å². The van der Waals surface area contributed by atoms with E-state index in [0.29, 0.717) is 23.3 Å². The van der Waals surface area contributed by atoms with Gasteiger partial charge in [0, 0.05) is 38.4 Å². The number of aliphatic hydroxyl groups is 1. The van der Waals surface area contributed by atoms with Gasteiger partial charge in [-0.25, -0.2) is 4.98 Å². The molecule has 6 fully saturated rings. The smallest absolute Gasteiger partial charge is 0.256 e. The summed E-state index contributed by atoms with van der Waals surface area (Å²) in [5, 5.41) is 14.1. The Hall–Kier alpha value is -1.89. The molecule has 0 aromatic carbocycles. The molecule has 28 heavy (non-hydrogen) atoms. The number of nitrogens with one attached hydrogen (secondary N) is 1. The van der Waals surface area contributed by atoms with Gasteiger partial charge in [0.25, 0.3) is 5.91 Å². The molecule has 4 aliphatic carbocycles. The van der Waals surface area contributed by atoms with Crippen LogP contribution >= 0.6 is 0 Å². The van der Waals surface area contributed by atoms with Crippen LogP contribution < -0.4 is 15.1 Å². The highest BCUT2D eigenvalue weighted by Crippen LogP contribution is 2.55. The van der Waals surface area contributed by atoms with Gasteiger partial charge in [0.05, 0.1) is 5.60 Å². The summed E-state index contributed by atoms with van der Waals surface area (Å²) in [4.78, 5) is 26.9. The number of hydrogen-bond donors (Lipinski definition) is 2. The van der Waals surface area contributed by atoms with Crippen LogP contribution in [0.15, 0.2) is 6.20 Å². The zero-order chi connectivity index (χ0) is 18.9. The number of carbonyl (C=O) groups is 1. The van der Waals surface area contributed by atoms with E-state index in [1.54, 1.807) is 6.20 Å². The summed E-state index contributed by atoms with van der Waals surface area (Å²) in [6, 6.07) is 0.184. The van der Waals surface area contributed by atoms with Crippen molar-refractivity contribution in [2.24, 2.45) is 17.8 Å². The maximum atomic E-state index is 13.3. The van der Waals surface area contributed by atoms with Crippen molar-refractivity contribution in [1.82, 2.24) is 15.3 Å². The first kappa shape index (κ1) is 17.0. The minimum absolute atomic E-state index is 0.0403. The fourth-order valence-electron chi connectivity index (χ4n) is 6.41. The first-order valence-corrected chi connectivity index (χ1v) is 11.0. The molecule has 3 heterocycles. The monoisotopic (exact) mass is 383 g/mol. The van der Waals surface area contributed by atoms with Gasteiger partial charge in [-0.05, 0) is 62.7 Å². The fourth-order valence-corrected chi connectivity index (χ4v) is 6.41. The van der Waals surface area contributed by atoms with Crippen LogP contribution in [0.5, 0.6) is 0 Å². The van der Waals surface area contributed by atoms with Crippen molar-refractivity contribution in [3.8, 4) is 0 Å². The third kappa shape index (κ3) is 2.62. The summed E-state index contributed by atoms with van der Waals surface area (Å²) in [5.41, 5.74) is 0.138. The molecule has 4 bridgehead atoms. The molecular formula is C21H29N5O2. The van der Waals surface area contributed by atoms with Crippen LogP contribution in [0.3, 0.4) is 0 Å². The Morgan fingerprint density at radius 2 is 1.75 bits per heavy atom. The van der Waals surface area contributed by atoms with Crippen molar-refractivity contribution in [1.29, 1.82) is 0 Å². The Balaban J connectivity index is 1.25. The second-order valence-corrected chi connectivity index (χ2v) is 9.78. The third-order valence-electron chi connectivity index (χ3n) is 7.83. The highest BCUT2D eigenvalue weighted by atomic mass is 16.3. The lowest BCUT2D eigenvalue weighted by Gasteiger charge is -2.58. The predicted octanol–water partition coefficient (Wildman–Crippen LogP) is 1.57. The lowest BCUT2D eigenvalue weighted by Crippen LogP contribution is -2.61. The Bertz CT molecular complexity index is 790. The molecule has 2 unspecified atom stereocenters. The number of carbonyl (C=O) groups excluding carboxylic acids is 1. The molecule has 150 valence electrons. The zero-order valence-electron chi connectivity index (χ0n) is 16.3. The molecule has 7 heteroatoms. The van der Waals surface area contributed by atoms with Gasteiger partial charge in [-0.3, -0.25) is 4.79 Å². The number of nitrogens with zero attached hydrogens (tertiary/aromatic N) is 4. The standard InChI is InChI=1S/C21H29N5O2/c27-19(23-17-14-7-13-8-15(17)11-21(28,9-13)10-14)16-12-22-20(26-5-2-6-26)24-18(16)25-3-1-4-25/h12-15,17,28H,1-11H2,(H,23,27). The van der Waals surface area contributed by atoms with Gasteiger partial charge in [-0.1, -0.05) is 0 Å². The summed E-state index contributed by atoms with van der Waals surface area (Å²) in [6.45, 7) is 3.92. The first-order valence-electron chi connectivity index (χ1n) is 11.0. The molecule has 4 saturated carbocycles. The highest BCUT2D eigenvalue weighted by Gasteiger charge is 2.55. The molecule has 2 N–H and O–H groups in total. The normalized spacial score (nSPS) is 38.2. The molecule has 6 aliphatic rings. The highest BCUT2D eigenvalue weighted by molar-refractivity contribution is 5.99. The minimum atomic E-state index is -0.470. The maximum Gasteiger partial charge on any atom is 0.256 e. The summed E-state index contributed by atoms with van der Waals surface area (Å²) in [5.74, 6) is 2.97. The van der Waals surface area contributed by atoms with E-state index in [4.69, 9.17) is 4.98 Å². The van der Waals surface area contributed by atoms with Crippen molar-refractivity contribution >= 4 is 17.7 Å². The summed E-state index contributed by atoms with van der Waals surface area (Å²) in [7, 11) is 0. The summed E-state index contributed by atoms with van der Waals surface area (Å²) in [6.07, 6.45) is 9.00. The molecule has 2 aliphatic heterocycles. The van der Waals surface area contributed by atoms with Crippen molar-refractivity contribution in [3.05, 3.63) is 11.8 Å². The SMILES string of the molecule is O=C(NC1C2CC3CC1CC(O)(C3)C2)c1cnc(N2CCC2)nc1N1CCC1. The maximum absolute atomic E-state index is 13.3. The average molecular weight is 383 g/mol. The number of amides is 1. The lowest BCUT2D eigenvalue weighted by molar-refractivity contribution is -0.136. The quantitative estimate of drug-likeness (QED) is 0.821. The Morgan fingerprint density at radius 1 is 1.07 bits per heavy atom. The number of hydrogen-bond acceptors (Lipinski definition) is 6. The van der Waals surface area contributed by atoms with Gasteiger partial charge in [0.2, 0.25) is 5.95 Å². The molecule has 0 spiro atoms. The zero-order valence-corrected chi connectivity index (χ0v) is 16.3. The number of rotatable bonds is 4. The molecule has 1 aromatic heterocycles. The van der Waals surface area contributed by atoms with Crippen LogP contribution in [0.4, 0.5) is 11.8 Å². The second-order valence-electron chi connectivity index (χ2n) is 9.78. The van der Waals surface area contributed by atoms with E-state index in [-0.39, 0.29) is 11.9 Å². The Kier molecular flexibility index (Phi) is 3.68. The molecule has 7 nitrogen and oxygen atoms in total. The molecule has 1 aromatic rings. The molecule has 2 atom stereocenters. The van der Waals surface area contributed by atoms with E-state index in [1.807, 2.05) is 0 Å². The largest absolute Gasteiger partial charge is 0.390 e. The van der Waals surface area contributed by atoms with Gasteiger partial charge >= 0.3 is 0 Å². The summed E-state index contributed by atoms with van der Waals surface area (Å²) >= 11 is 0. The molecule has 2 saturated heterocycles. The second kappa shape index (κ2) is 6.05. The fraction of sp³-hybridized carbons (Fsp3) is 0.762. The van der Waals surface area contributed by atoms with Crippen LogP contribution in [0, 0.1) is 17.8 Å². The van der Waals surface area contributed by atoms with Crippen LogP contribution in [0.2, 0.25) is 0 Å².